The second-order valence-electron chi connectivity index (χ2n) is 3.21. The van der Waals surface area contributed by atoms with Crippen LogP contribution in [0.4, 0.5) is 4.79 Å². The molecule has 0 aliphatic heterocycles. The van der Waals surface area contributed by atoms with E-state index in [1.165, 1.54) is 6.26 Å². The number of amides is 3. The maximum Gasteiger partial charge on any atom is 0.315 e. The quantitative estimate of drug-likeness (QED) is 0.625. The fourth-order valence-electron chi connectivity index (χ4n) is 1.05. The number of carbonyl (C=O) groups is 2. The van der Waals surface area contributed by atoms with Gasteiger partial charge < -0.3 is 20.4 Å². The van der Waals surface area contributed by atoms with Gasteiger partial charge in [0.25, 0.3) is 0 Å². The molecule has 0 radical (unpaired) electrons. The van der Waals surface area contributed by atoms with Crippen molar-refractivity contribution >= 4 is 11.9 Å². The lowest BCUT2D eigenvalue weighted by Gasteiger charge is -2.06. The third kappa shape index (κ3) is 5.41. The zero-order valence-corrected chi connectivity index (χ0v) is 9.36. The number of furan rings is 1. The molecular weight excluding hydrogens is 222 g/mol. The molecule has 6 heteroatoms. The first-order valence-corrected chi connectivity index (χ1v) is 5.14. The summed E-state index contributed by atoms with van der Waals surface area (Å²) in [6, 6.07) is 3.09. The molecule has 0 bridgehead atoms. The van der Waals surface area contributed by atoms with Crippen LogP contribution in [-0.2, 0) is 11.3 Å². The van der Waals surface area contributed by atoms with E-state index in [1.54, 1.807) is 18.2 Å². The van der Waals surface area contributed by atoms with Crippen LogP contribution in [0.2, 0.25) is 0 Å². The molecule has 0 spiro atoms. The molecule has 1 aromatic rings. The second-order valence-corrected chi connectivity index (χ2v) is 3.21. The Morgan fingerprint density at radius 2 is 2.18 bits per heavy atom. The van der Waals surface area contributed by atoms with E-state index in [4.69, 9.17) is 4.42 Å². The summed E-state index contributed by atoms with van der Waals surface area (Å²) in [7, 11) is 0. The maximum absolute atomic E-state index is 11.3. The van der Waals surface area contributed by atoms with E-state index in [9.17, 15) is 9.59 Å². The van der Waals surface area contributed by atoms with Gasteiger partial charge in [-0.05, 0) is 12.1 Å². The second kappa shape index (κ2) is 7.10. The third-order valence-corrected chi connectivity index (χ3v) is 1.86. The number of carbonyl (C=O) groups excluding carboxylic acids is 2. The van der Waals surface area contributed by atoms with Gasteiger partial charge in [-0.1, -0.05) is 6.08 Å². The van der Waals surface area contributed by atoms with E-state index in [0.29, 0.717) is 18.8 Å². The Morgan fingerprint density at radius 3 is 2.82 bits per heavy atom. The predicted molar refractivity (Wildman–Crippen MR) is 62.2 cm³/mol. The highest BCUT2D eigenvalue weighted by Crippen LogP contribution is 1.97. The molecule has 6 nitrogen and oxygen atoms in total. The fourth-order valence-corrected chi connectivity index (χ4v) is 1.05. The van der Waals surface area contributed by atoms with Crippen molar-refractivity contribution in [3.63, 3.8) is 0 Å². The Balaban J connectivity index is 2.12. The molecule has 0 fully saturated rings. The SMILES string of the molecule is C=CCNC(=O)NCC(=O)NCc1ccco1. The third-order valence-electron chi connectivity index (χ3n) is 1.86. The number of hydrogen-bond acceptors (Lipinski definition) is 3. The lowest BCUT2D eigenvalue weighted by atomic mass is 10.4. The molecule has 0 aliphatic rings. The maximum atomic E-state index is 11.3. The van der Waals surface area contributed by atoms with Crippen molar-refractivity contribution in [1.29, 1.82) is 0 Å². The lowest BCUT2D eigenvalue weighted by Crippen LogP contribution is -2.41. The van der Waals surface area contributed by atoms with Crippen molar-refractivity contribution in [1.82, 2.24) is 16.0 Å². The summed E-state index contributed by atoms with van der Waals surface area (Å²) in [5.74, 6) is 0.379. The largest absolute Gasteiger partial charge is 0.467 e. The van der Waals surface area contributed by atoms with Gasteiger partial charge in [0.1, 0.15) is 5.76 Å². The van der Waals surface area contributed by atoms with Crippen molar-refractivity contribution in [3.8, 4) is 0 Å². The summed E-state index contributed by atoms with van der Waals surface area (Å²) in [6.45, 7) is 4.04. The number of urea groups is 1. The smallest absolute Gasteiger partial charge is 0.315 e. The van der Waals surface area contributed by atoms with Gasteiger partial charge in [0.2, 0.25) is 5.91 Å². The van der Waals surface area contributed by atoms with Gasteiger partial charge in [0.05, 0.1) is 19.4 Å². The normalized spacial score (nSPS) is 9.41. The van der Waals surface area contributed by atoms with E-state index in [0.717, 1.165) is 0 Å². The van der Waals surface area contributed by atoms with Crippen LogP contribution in [0.5, 0.6) is 0 Å². The Kier molecular flexibility index (Phi) is 5.36. The molecule has 1 heterocycles. The molecular formula is C11H15N3O3. The molecule has 0 aliphatic carbocycles. The first-order valence-electron chi connectivity index (χ1n) is 5.14. The van der Waals surface area contributed by atoms with Gasteiger partial charge >= 0.3 is 6.03 Å². The van der Waals surface area contributed by atoms with Crippen LogP contribution in [0.25, 0.3) is 0 Å². The standard InChI is InChI=1S/C11H15N3O3/c1-2-5-12-11(16)14-8-10(15)13-7-9-4-3-6-17-9/h2-4,6H,1,5,7-8H2,(H,13,15)(H2,12,14,16). The van der Waals surface area contributed by atoms with Crippen LogP contribution in [0.3, 0.4) is 0 Å². The highest BCUT2D eigenvalue weighted by atomic mass is 16.3. The molecule has 0 saturated carbocycles. The topological polar surface area (TPSA) is 83.4 Å². The molecule has 1 aromatic heterocycles. The molecule has 92 valence electrons. The average Bonchev–Trinajstić information content (AvgIpc) is 2.84. The first kappa shape index (κ1) is 12.8. The molecule has 17 heavy (non-hydrogen) atoms. The molecule has 0 saturated heterocycles. The zero-order chi connectivity index (χ0) is 12.5. The summed E-state index contributed by atoms with van der Waals surface area (Å²) in [5.41, 5.74) is 0. The molecule has 0 atom stereocenters. The van der Waals surface area contributed by atoms with E-state index >= 15 is 0 Å². The van der Waals surface area contributed by atoms with Crippen molar-refractivity contribution in [2.24, 2.45) is 0 Å². The van der Waals surface area contributed by atoms with Crippen LogP contribution in [0.1, 0.15) is 5.76 Å². The van der Waals surface area contributed by atoms with E-state index in [-0.39, 0.29) is 12.5 Å². The van der Waals surface area contributed by atoms with Crippen molar-refractivity contribution in [2.45, 2.75) is 6.54 Å². The van der Waals surface area contributed by atoms with Crippen LogP contribution >= 0.6 is 0 Å². The van der Waals surface area contributed by atoms with Gasteiger partial charge in [-0.15, -0.1) is 6.58 Å². The van der Waals surface area contributed by atoms with Crippen LogP contribution in [0, 0.1) is 0 Å². The Labute approximate surface area is 99.1 Å². The average molecular weight is 237 g/mol. The molecule has 3 amide bonds. The predicted octanol–water partition coefficient (Wildman–Crippen LogP) is 0.381. The van der Waals surface area contributed by atoms with Crippen LogP contribution in [0.15, 0.2) is 35.5 Å². The molecule has 3 N–H and O–H groups in total. The van der Waals surface area contributed by atoms with Gasteiger partial charge in [0.15, 0.2) is 0 Å². The summed E-state index contributed by atoms with van der Waals surface area (Å²) >= 11 is 0. The highest BCUT2D eigenvalue weighted by molar-refractivity contribution is 5.83. The summed E-state index contributed by atoms with van der Waals surface area (Å²) < 4.78 is 5.04. The molecule has 0 aromatic carbocycles. The lowest BCUT2D eigenvalue weighted by molar-refractivity contribution is -0.120. The van der Waals surface area contributed by atoms with E-state index < -0.39 is 6.03 Å². The van der Waals surface area contributed by atoms with Crippen LogP contribution in [-0.4, -0.2) is 25.0 Å². The van der Waals surface area contributed by atoms with E-state index in [1.807, 2.05) is 0 Å². The summed E-state index contributed by atoms with van der Waals surface area (Å²) in [5, 5.41) is 7.50. The number of nitrogens with one attached hydrogen (secondary N) is 3. The number of rotatable bonds is 6. The Morgan fingerprint density at radius 1 is 1.35 bits per heavy atom. The highest BCUT2D eigenvalue weighted by Gasteiger charge is 2.04. The van der Waals surface area contributed by atoms with Crippen LogP contribution < -0.4 is 16.0 Å². The Hall–Kier alpha value is -2.24. The number of hydrogen-bond donors (Lipinski definition) is 3. The monoisotopic (exact) mass is 237 g/mol. The zero-order valence-electron chi connectivity index (χ0n) is 9.36. The van der Waals surface area contributed by atoms with Crippen molar-refractivity contribution in [2.75, 3.05) is 13.1 Å². The van der Waals surface area contributed by atoms with Gasteiger partial charge in [-0.3, -0.25) is 4.79 Å². The summed E-state index contributed by atoms with van der Waals surface area (Å²) in [6.07, 6.45) is 3.08. The van der Waals surface area contributed by atoms with Gasteiger partial charge in [0, 0.05) is 6.54 Å². The van der Waals surface area contributed by atoms with E-state index in [2.05, 4.69) is 22.5 Å². The van der Waals surface area contributed by atoms with Gasteiger partial charge in [-0.2, -0.15) is 0 Å². The fraction of sp³-hybridized carbons (Fsp3) is 0.273. The molecule has 1 rings (SSSR count). The molecule has 0 unspecified atom stereocenters. The minimum absolute atomic E-state index is 0.0797. The van der Waals surface area contributed by atoms with Crippen molar-refractivity contribution in [3.05, 3.63) is 36.8 Å². The van der Waals surface area contributed by atoms with Crippen molar-refractivity contribution < 1.29 is 14.0 Å². The Bertz CT molecular complexity index is 373. The summed E-state index contributed by atoms with van der Waals surface area (Å²) in [4.78, 5) is 22.4. The first-order chi connectivity index (χ1) is 8.22. The van der Waals surface area contributed by atoms with Gasteiger partial charge in [-0.25, -0.2) is 4.79 Å². The minimum Gasteiger partial charge on any atom is -0.467 e. The minimum atomic E-state index is -0.405.